The normalized spacial score (nSPS) is 25.4. The number of hydrogen-bond donors (Lipinski definition) is 1. The van der Waals surface area contributed by atoms with Crippen molar-refractivity contribution in [3.63, 3.8) is 0 Å². The third-order valence-electron chi connectivity index (χ3n) is 3.77. The van der Waals surface area contributed by atoms with E-state index in [1.165, 1.54) is 30.6 Å². The molecule has 2 unspecified atom stereocenters. The molecule has 4 heteroatoms. The number of thiophene rings is 1. The van der Waals surface area contributed by atoms with Crippen LogP contribution in [0.4, 0.5) is 0 Å². The Labute approximate surface area is 113 Å². The summed E-state index contributed by atoms with van der Waals surface area (Å²) in [7, 11) is 2.21. The van der Waals surface area contributed by atoms with Crippen LogP contribution in [0.1, 0.15) is 30.6 Å². The Bertz CT molecular complexity index is 353. The molecule has 17 heavy (non-hydrogen) atoms. The van der Waals surface area contributed by atoms with Gasteiger partial charge in [-0.2, -0.15) is 0 Å². The number of hydrogen-bond acceptors (Lipinski definition) is 3. The molecule has 2 atom stereocenters. The molecule has 1 saturated carbocycles. The SMILES string of the molecule is CN(Cc1ccc(Cl)s1)C1CCCCC1CN. The first kappa shape index (κ1) is 13.3. The van der Waals surface area contributed by atoms with Crippen LogP contribution in [0.15, 0.2) is 12.1 Å². The summed E-state index contributed by atoms with van der Waals surface area (Å²) in [4.78, 5) is 3.80. The summed E-state index contributed by atoms with van der Waals surface area (Å²) in [5.41, 5.74) is 5.88. The van der Waals surface area contributed by atoms with Gasteiger partial charge in [0, 0.05) is 17.5 Å². The van der Waals surface area contributed by atoms with Crippen molar-refractivity contribution in [2.24, 2.45) is 11.7 Å². The highest BCUT2D eigenvalue weighted by Crippen LogP contribution is 2.29. The van der Waals surface area contributed by atoms with Gasteiger partial charge in [0.1, 0.15) is 0 Å². The molecule has 2 nitrogen and oxygen atoms in total. The lowest BCUT2D eigenvalue weighted by Gasteiger charge is -2.37. The minimum absolute atomic E-state index is 0.648. The fourth-order valence-electron chi connectivity index (χ4n) is 2.84. The molecular weight excluding hydrogens is 252 g/mol. The summed E-state index contributed by atoms with van der Waals surface area (Å²) < 4.78 is 0.882. The predicted octanol–water partition coefficient (Wildman–Crippen LogP) is 3.35. The molecule has 0 radical (unpaired) electrons. The lowest BCUT2D eigenvalue weighted by Crippen LogP contribution is -2.42. The Morgan fingerprint density at radius 3 is 2.82 bits per heavy atom. The van der Waals surface area contributed by atoms with Crippen molar-refractivity contribution in [3.8, 4) is 0 Å². The van der Waals surface area contributed by atoms with Gasteiger partial charge in [0.15, 0.2) is 0 Å². The van der Waals surface area contributed by atoms with Crippen molar-refractivity contribution < 1.29 is 0 Å². The van der Waals surface area contributed by atoms with Gasteiger partial charge in [-0.25, -0.2) is 0 Å². The van der Waals surface area contributed by atoms with E-state index in [1.807, 2.05) is 6.07 Å². The third-order valence-corrected chi connectivity index (χ3v) is 4.99. The maximum Gasteiger partial charge on any atom is 0.0931 e. The summed E-state index contributed by atoms with van der Waals surface area (Å²) in [5.74, 6) is 0.671. The minimum Gasteiger partial charge on any atom is -0.330 e. The van der Waals surface area contributed by atoms with Crippen LogP contribution < -0.4 is 5.73 Å². The van der Waals surface area contributed by atoms with Gasteiger partial charge in [0.2, 0.25) is 0 Å². The van der Waals surface area contributed by atoms with Gasteiger partial charge < -0.3 is 5.73 Å². The summed E-state index contributed by atoms with van der Waals surface area (Å²) in [6.45, 7) is 1.82. The van der Waals surface area contributed by atoms with Gasteiger partial charge in [-0.1, -0.05) is 24.4 Å². The maximum absolute atomic E-state index is 5.97. The van der Waals surface area contributed by atoms with Gasteiger partial charge in [-0.15, -0.1) is 11.3 Å². The van der Waals surface area contributed by atoms with Crippen LogP contribution in [0.5, 0.6) is 0 Å². The average molecular weight is 273 g/mol. The van der Waals surface area contributed by atoms with Crippen LogP contribution in [-0.2, 0) is 6.54 Å². The molecule has 1 fully saturated rings. The molecule has 96 valence electrons. The number of rotatable bonds is 4. The van der Waals surface area contributed by atoms with Crippen LogP contribution >= 0.6 is 22.9 Å². The second-order valence-electron chi connectivity index (χ2n) is 4.97. The highest BCUT2D eigenvalue weighted by Gasteiger charge is 2.27. The number of nitrogens with two attached hydrogens (primary N) is 1. The minimum atomic E-state index is 0.648. The molecule has 1 aliphatic rings. The van der Waals surface area contributed by atoms with Crippen molar-refractivity contribution in [2.75, 3.05) is 13.6 Å². The first-order valence-corrected chi connectivity index (χ1v) is 7.54. The Morgan fingerprint density at radius 1 is 1.41 bits per heavy atom. The van der Waals surface area contributed by atoms with Gasteiger partial charge in [0.25, 0.3) is 0 Å². The summed E-state index contributed by atoms with van der Waals surface area (Å²) in [6, 6.07) is 4.76. The highest BCUT2D eigenvalue weighted by molar-refractivity contribution is 7.16. The standard InChI is InChI=1S/C13H21ClN2S/c1-16(9-11-6-7-13(14)17-11)12-5-3-2-4-10(12)8-15/h6-7,10,12H,2-5,8-9,15H2,1H3. The highest BCUT2D eigenvalue weighted by atomic mass is 35.5. The average Bonchev–Trinajstić information content (AvgIpc) is 2.74. The third kappa shape index (κ3) is 3.44. The Balaban J connectivity index is 1.95. The van der Waals surface area contributed by atoms with Crippen molar-refractivity contribution in [3.05, 3.63) is 21.3 Å². The molecule has 1 aromatic rings. The zero-order chi connectivity index (χ0) is 12.3. The first-order valence-electron chi connectivity index (χ1n) is 6.35. The van der Waals surface area contributed by atoms with Crippen LogP contribution in [0.25, 0.3) is 0 Å². The van der Waals surface area contributed by atoms with Crippen LogP contribution in [-0.4, -0.2) is 24.5 Å². The fourth-order valence-corrected chi connectivity index (χ4v) is 3.99. The molecule has 0 aromatic carbocycles. The van der Waals surface area contributed by atoms with Crippen LogP contribution in [0, 0.1) is 5.92 Å². The molecule has 1 aromatic heterocycles. The largest absolute Gasteiger partial charge is 0.330 e. The van der Waals surface area contributed by atoms with Gasteiger partial charge in [0.05, 0.1) is 4.34 Å². The van der Waals surface area contributed by atoms with Crippen LogP contribution in [0.3, 0.4) is 0 Å². The van der Waals surface area contributed by atoms with E-state index >= 15 is 0 Å². The molecule has 1 heterocycles. The van der Waals surface area contributed by atoms with E-state index < -0.39 is 0 Å². The molecule has 2 rings (SSSR count). The van der Waals surface area contributed by atoms with Crippen LogP contribution in [0.2, 0.25) is 4.34 Å². The molecule has 2 N–H and O–H groups in total. The van der Waals surface area contributed by atoms with Gasteiger partial charge >= 0.3 is 0 Å². The molecule has 1 aliphatic carbocycles. The first-order chi connectivity index (χ1) is 8.20. The summed E-state index contributed by atoms with van der Waals surface area (Å²) >= 11 is 7.65. The topological polar surface area (TPSA) is 29.3 Å². The van der Waals surface area contributed by atoms with E-state index in [1.54, 1.807) is 11.3 Å². The molecule has 0 aliphatic heterocycles. The smallest absolute Gasteiger partial charge is 0.0931 e. The van der Waals surface area contributed by atoms with E-state index in [-0.39, 0.29) is 0 Å². The monoisotopic (exact) mass is 272 g/mol. The maximum atomic E-state index is 5.97. The molecule has 0 saturated heterocycles. The zero-order valence-electron chi connectivity index (χ0n) is 10.4. The second-order valence-corrected chi connectivity index (χ2v) is 6.77. The van der Waals surface area contributed by atoms with Crippen molar-refractivity contribution in [1.29, 1.82) is 0 Å². The van der Waals surface area contributed by atoms with Gasteiger partial charge in [-0.05, 0) is 44.5 Å². The molecule has 0 bridgehead atoms. The lowest BCUT2D eigenvalue weighted by atomic mass is 9.84. The van der Waals surface area contributed by atoms with E-state index in [2.05, 4.69) is 18.0 Å². The van der Waals surface area contributed by atoms with E-state index in [0.29, 0.717) is 12.0 Å². The Kier molecular flexibility index (Phi) is 4.86. The summed E-state index contributed by atoms with van der Waals surface area (Å²) in [6.07, 6.45) is 5.27. The second kappa shape index (κ2) is 6.19. The lowest BCUT2D eigenvalue weighted by molar-refractivity contribution is 0.128. The predicted molar refractivity (Wildman–Crippen MR) is 75.6 cm³/mol. The van der Waals surface area contributed by atoms with Crippen molar-refractivity contribution >= 4 is 22.9 Å². The van der Waals surface area contributed by atoms with E-state index in [0.717, 1.165) is 17.4 Å². The van der Waals surface area contributed by atoms with Gasteiger partial charge in [-0.3, -0.25) is 4.90 Å². The quantitative estimate of drug-likeness (QED) is 0.911. The molecular formula is C13H21ClN2S. The fraction of sp³-hybridized carbons (Fsp3) is 0.692. The Hall–Kier alpha value is -0.0900. The Morgan fingerprint density at radius 2 is 2.18 bits per heavy atom. The molecule has 0 spiro atoms. The van der Waals surface area contributed by atoms with E-state index in [9.17, 15) is 0 Å². The number of nitrogens with zero attached hydrogens (tertiary/aromatic N) is 1. The zero-order valence-corrected chi connectivity index (χ0v) is 11.9. The van der Waals surface area contributed by atoms with Crippen molar-refractivity contribution in [2.45, 2.75) is 38.3 Å². The van der Waals surface area contributed by atoms with Crippen molar-refractivity contribution in [1.82, 2.24) is 4.90 Å². The molecule has 0 amide bonds. The van der Waals surface area contributed by atoms with E-state index in [4.69, 9.17) is 17.3 Å². The summed E-state index contributed by atoms with van der Waals surface area (Å²) in [5, 5.41) is 0. The number of halogens is 1.